The molecule has 1 aromatic heterocycles. The summed E-state index contributed by atoms with van der Waals surface area (Å²) in [6.07, 6.45) is 3.72. The van der Waals surface area contributed by atoms with Crippen LogP contribution in [0.3, 0.4) is 0 Å². The molecule has 2 amide bonds. The van der Waals surface area contributed by atoms with Crippen LogP contribution in [0.25, 0.3) is 6.08 Å². The van der Waals surface area contributed by atoms with Crippen LogP contribution in [0.4, 0.5) is 5.00 Å². The predicted molar refractivity (Wildman–Crippen MR) is 124 cm³/mol. The van der Waals surface area contributed by atoms with Crippen LogP contribution in [0, 0.1) is 6.92 Å². The van der Waals surface area contributed by atoms with Crippen LogP contribution in [0.15, 0.2) is 54.6 Å². The summed E-state index contributed by atoms with van der Waals surface area (Å²) in [5.41, 5.74) is 8.63. The molecule has 0 saturated carbocycles. The van der Waals surface area contributed by atoms with E-state index in [4.69, 9.17) is 15.2 Å². The number of carbonyl (C=O) groups is 2. The third kappa shape index (κ3) is 5.32. The maximum atomic E-state index is 12.5. The van der Waals surface area contributed by atoms with Gasteiger partial charge in [0.1, 0.15) is 5.00 Å². The van der Waals surface area contributed by atoms with Crippen molar-refractivity contribution in [3.63, 3.8) is 0 Å². The second kappa shape index (κ2) is 9.95. The van der Waals surface area contributed by atoms with Crippen molar-refractivity contribution in [3.8, 4) is 11.5 Å². The fourth-order valence-corrected chi connectivity index (χ4v) is 4.42. The Labute approximate surface area is 185 Å². The fraction of sp³-hybridized carbons (Fsp3) is 0.167. The van der Waals surface area contributed by atoms with Gasteiger partial charge in [-0.2, -0.15) is 0 Å². The molecule has 1 heterocycles. The van der Waals surface area contributed by atoms with Crippen LogP contribution in [-0.4, -0.2) is 26.0 Å². The van der Waals surface area contributed by atoms with Gasteiger partial charge in [-0.05, 0) is 41.8 Å². The predicted octanol–water partition coefficient (Wildman–Crippen LogP) is 4.42. The molecular weight excluding hydrogens is 412 g/mol. The van der Waals surface area contributed by atoms with Crippen molar-refractivity contribution in [3.05, 3.63) is 81.7 Å². The number of ether oxygens (including phenoxy) is 2. The van der Waals surface area contributed by atoms with E-state index in [9.17, 15) is 9.59 Å². The van der Waals surface area contributed by atoms with Gasteiger partial charge in [-0.15, -0.1) is 11.3 Å². The Morgan fingerprint density at radius 1 is 1.06 bits per heavy atom. The molecule has 6 nitrogen and oxygen atoms in total. The highest BCUT2D eigenvalue weighted by Gasteiger charge is 2.20. The number of nitrogens with two attached hydrogens (primary N) is 1. The van der Waals surface area contributed by atoms with E-state index in [1.807, 2.05) is 43.3 Å². The maximum absolute atomic E-state index is 12.5. The monoisotopic (exact) mass is 436 g/mol. The van der Waals surface area contributed by atoms with Crippen LogP contribution >= 0.6 is 11.3 Å². The summed E-state index contributed by atoms with van der Waals surface area (Å²) < 4.78 is 10.5. The number of primary amides is 1. The van der Waals surface area contributed by atoms with Gasteiger partial charge < -0.3 is 20.5 Å². The van der Waals surface area contributed by atoms with E-state index in [2.05, 4.69) is 5.32 Å². The molecule has 0 spiro atoms. The Balaban J connectivity index is 1.79. The Hall–Kier alpha value is -3.58. The third-order valence-electron chi connectivity index (χ3n) is 4.77. The molecule has 3 aromatic rings. The lowest BCUT2D eigenvalue weighted by Crippen LogP contribution is -2.16. The summed E-state index contributed by atoms with van der Waals surface area (Å²) >= 11 is 1.37. The molecule has 2 aromatic carbocycles. The molecule has 0 unspecified atom stereocenters. The molecule has 7 heteroatoms. The van der Waals surface area contributed by atoms with Crippen LogP contribution in [0.2, 0.25) is 0 Å². The number of hydrogen-bond acceptors (Lipinski definition) is 5. The van der Waals surface area contributed by atoms with Gasteiger partial charge in [0, 0.05) is 17.4 Å². The topological polar surface area (TPSA) is 90.6 Å². The van der Waals surface area contributed by atoms with E-state index in [-0.39, 0.29) is 5.91 Å². The Bertz CT molecular complexity index is 1120. The van der Waals surface area contributed by atoms with Crippen LogP contribution < -0.4 is 20.5 Å². The average molecular weight is 437 g/mol. The standard InChI is InChI=1S/C24H24N2O4S/c1-15-20(14-16-7-5-4-6-8-16)31-24(22(15)23(25)28)26-21(27)12-10-17-9-11-18(29-2)19(13-17)30-3/h4-13H,14H2,1-3H3,(H2,25,28)(H,26,27). The van der Waals surface area contributed by atoms with Crippen molar-refractivity contribution in [2.75, 3.05) is 19.5 Å². The first-order valence-electron chi connectivity index (χ1n) is 9.60. The highest BCUT2D eigenvalue weighted by Crippen LogP contribution is 2.34. The maximum Gasteiger partial charge on any atom is 0.251 e. The van der Waals surface area contributed by atoms with Gasteiger partial charge in [-0.1, -0.05) is 36.4 Å². The van der Waals surface area contributed by atoms with Gasteiger partial charge in [0.05, 0.1) is 19.8 Å². The summed E-state index contributed by atoms with van der Waals surface area (Å²) in [5.74, 6) is 0.257. The largest absolute Gasteiger partial charge is 0.493 e. The summed E-state index contributed by atoms with van der Waals surface area (Å²) in [5, 5.41) is 3.25. The molecule has 0 saturated heterocycles. The van der Waals surface area contributed by atoms with E-state index in [1.165, 1.54) is 17.4 Å². The molecule has 0 aliphatic rings. The third-order valence-corrected chi connectivity index (χ3v) is 5.98. The second-order valence-corrected chi connectivity index (χ2v) is 7.92. The first-order valence-corrected chi connectivity index (χ1v) is 10.4. The summed E-state index contributed by atoms with van der Waals surface area (Å²) in [4.78, 5) is 25.5. The minimum absolute atomic E-state index is 0.351. The smallest absolute Gasteiger partial charge is 0.251 e. The Kier molecular flexibility index (Phi) is 7.10. The Morgan fingerprint density at radius 3 is 2.42 bits per heavy atom. The van der Waals surface area contributed by atoms with Gasteiger partial charge in [0.25, 0.3) is 5.91 Å². The first kappa shape index (κ1) is 22.1. The molecule has 3 rings (SSSR count). The minimum Gasteiger partial charge on any atom is -0.493 e. The second-order valence-electron chi connectivity index (χ2n) is 6.82. The zero-order valence-corrected chi connectivity index (χ0v) is 18.4. The van der Waals surface area contributed by atoms with Crippen molar-refractivity contribution in [1.29, 1.82) is 0 Å². The quantitative estimate of drug-likeness (QED) is 0.512. The number of anilines is 1. The summed E-state index contributed by atoms with van der Waals surface area (Å²) in [7, 11) is 3.11. The number of nitrogens with one attached hydrogen (secondary N) is 1. The molecule has 0 aliphatic carbocycles. The molecule has 0 fully saturated rings. The molecule has 31 heavy (non-hydrogen) atoms. The Morgan fingerprint density at radius 2 is 1.77 bits per heavy atom. The normalized spacial score (nSPS) is 10.8. The van der Waals surface area contributed by atoms with Crippen molar-refractivity contribution >= 4 is 34.2 Å². The van der Waals surface area contributed by atoms with Gasteiger partial charge in [0.2, 0.25) is 5.91 Å². The number of amides is 2. The lowest BCUT2D eigenvalue weighted by Gasteiger charge is -2.07. The van der Waals surface area contributed by atoms with Crippen LogP contribution in [0.1, 0.15) is 31.9 Å². The zero-order chi connectivity index (χ0) is 22.4. The van der Waals surface area contributed by atoms with Crippen molar-refractivity contribution in [2.24, 2.45) is 5.73 Å². The number of carbonyl (C=O) groups excluding carboxylic acids is 2. The van der Waals surface area contributed by atoms with Crippen molar-refractivity contribution in [1.82, 2.24) is 0 Å². The van der Waals surface area contributed by atoms with Crippen LogP contribution in [-0.2, 0) is 11.2 Å². The molecule has 0 aliphatic heterocycles. The van der Waals surface area contributed by atoms with Crippen molar-refractivity contribution in [2.45, 2.75) is 13.3 Å². The van der Waals surface area contributed by atoms with Gasteiger partial charge in [-0.25, -0.2) is 0 Å². The fourth-order valence-electron chi connectivity index (χ4n) is 3.18. The number of methoxy groups -OCH3 is 2. The van der Waals surface area contributed by atoms with Gasteiger partial charge >= 0.3 is 0 Å². The SMILES string of the molecule is COc1ccc(C=CC(=O)Nc2sc(Cc3ccccc3)c(C)c2C(N)=O)cc1OC. The van der Waals surface area contributed by atoms with Crippen LogP contribution in [0.5, 0.6) is 11.5 Å². The van der Waals surface area contributed by atoms with Gasteiger partial charge in [-0.3, -0.25) is 9.59 Å². The molecule has 0 radical (unpaired) electrons. The number of hydrogen-bond donors (Lipinski definition) is 2. The molecule has 0 bridgehead atoms. The lowest BCUT2D eigenvalue weighted by molar-refractivity contribution is -0.111. The number of rotatable bonds is 8. The molecule has 3 N–H and O–H groups in total. The number of thiophene rings is 1. The van der Waals surface area contributed by atoms with E-state index < -0.39 is 5.91 Å². The van der Waals surface area contributed by atoms with E-state index in [0.717, 1.165) is 21.6 Å². The van der Waals surface area contributed by atoms with E-state index >= 15 is 0 Å². The number of benzene rings is 2. The molecule has 160 valence electrons. The first-order chi connectivity index (χ1) is 14.9. The molecule has 0 atom stereocenters. The minimum atomic E-state index is -0.563. The summed E-state index contributed by atoms with van der Waals surface area (Å²) in [6.45, 7) is 1.85. The zero-order valence-electron chi connectivity index (χ0n) is 17.6. The summed E-state index contributed by atoms with van der Waals surface area (Å²) in [6, 6.07) is 15.3. The highest BCUT2D eigenvalue weighted by molar-refractivity contribution is 7.17. The van der Waals surface area contributed by atoms with Crippen molar-refractivity contribution < 1.29 is 19.1 Å². The average Bonchev–Trinajstić information content (AvgIpc) is 3.07. The molecular formula is C24H24N2O4S. The van der Waals surface area contributed by atoms with E-state index in [1.54, 1.807) is 32.4 Å². The lowest BCUT2D eigenvalue weighted by atomic mass is 10.1. The highest BCUT2D eigenvalue weighted by atomic mass is 32.1. The van der Waals surface area contributed by atoms with Gasteiger partial charge in [0.15, 0.2) is 11.5 Å². The van der Waals surface area contributed by atoms with E-state index in [0.29, 0.717) is 28.5 Å².